The molecule has 8 nitrogen and oxygen atoms in total. The largest absolute Gasteiger partial charge is 0.489 e. The molecule has 4 rings (SSSR count). The van der Waals surface area contributed by atoms with E-state index >= 15 is 0 Å². The summed E-state index contributed by atoms with van der Waals surface area (Å²) in [6.45, 7) is 0.714. The maximum Gasteiger partial charge on any atom is 0.391 e. The van der Waals surface area contributed by atoms with Crippen molar-refractivity contribution in [1.82, 2.24) is 14.9 Å². The fraction of sp³-hybridized carbons (Fsp3) is 0.545. The molecule has 2 aromatic rings. The summed E-state index contributed by atoms with van der Waals surface area (Å²) >= 11 is 0. The Morgan fingerprint density at radius 1 is 1.15 bits per heavy atom. The molecule has 0 bridgehead atoms. The van der Waals surface area contributed by atoms with Gasteiger partial charge in [-0.05, 0) is 50.7 Å². The van der Waals surface area contributed by atoms with Gasteiger partial charge in [0.25, 0.3) is 5.91 Å². The lowest BCUT2D eigenvalue weighted by molar-refractivity contribution is -0.185. The highest BCUT2D eigenvalue weighted by molar-refractivity contribution is 6.03. The average Bonchev–Trinajstić information content (AvgIpc) is 3.49. The van der Waals surface area contributed by atoms with Crippen molar-refractivity contribution in [3.05, 3.63) is 36.5 Å². The van der Waals surface area contributed by atoms with Gasteiger partial charge in [-0.2, -0.15) is 13.2 Å². The molecular weight excluding hydrogens is 441 g/mol. The van der Waals surface area contributed by atoms with Gasteiger partial charge in [-0.15, -0.1) is 0 Å². The molecule has 1 saturated heterocycles. The number of hydrogen-bond donors (Lipinski definition) is 1. The molecule has 0 aromatic carbocycles. The van der Waals surface area contributed by atoms with Crippen LogP contribution in [0.2, 0.25) is 0 Å². The Kier molecular flexibility index (Phi) is 6.85. The number of carbonyl (C=O) groups excluding carboxylic acids is 2. The number of hydrogen-bond acceptors (Lipinski definition) is 6. The molecular formula is C22H25F3N4O4. The van der Waals surface area contributed by atoms with Gasteiger partial charge in [0, 0.05) is 18.7 Å². The lowest BCUT2D eigenvalue weighted by Gasteiger charge is -2.33. The van der Waals surface area contributed by atoms with Gasteiger partial charge in [0.15, 0.2) is 11.4 Å². The van der Waals surface area contributed by atoms with Gasteiger partial charge in [0.2, 0.25) is 5.91 Å². The van der Waals surface area contributed by atoms with E-state index in [9.17, 15) is 22.8 Å². The van der Waals surface area contributed by atoms with Crippen molar-refractivity contribution in [3.8, 4) is 5.75 Å². The molecule has 1 saturated carbocycles. The van der Waals surface area contributed by atoms with Crippen molar-refractivity contribution in [2.75, 3.05) is 18.5 Å². The first-order valence-corrected chi connectivity index (χ1v) is 11.0. The zero-order valence-corrected chi connectivity index (χ0v) is 17.9. The molecule has 2 amide bonds. The molecule has 11 heteroatoms. The lowest BCUT2D eigenvalue weighted by atomic mass is 9.81. The first-order valence-electron chi connectivity index (χ1n) is 11.0. The van der Waals surface area contributed by atoms with E-state index in [4.69, 9.17) is 9.15 Å². The Labute approximate surface area is 188 Å². The van der Waals surface area contributed by atoms with Crippen molar-refractivity contribution in [1.29, 1.82) is 0 Å². The van der Waals surface area contributed by atoms with E-state index in [1.165, 1.54) is 18.7 Å². The summed E-state index contributed by atoms with van der Waals surface area (Å²) in [7, 11) is 0. The Bertz CT molecular complexity index is 959. The van der Waals surface area contributed by atoms with Crippen molar-refractivity contribution < 1.29 is 31.9 Å². The minimum atomic E-state index is -4.20. The van der Waals surface area contributed by atoms with E-state index in [1.54, 1.807) is 17.0 Å². The highest BCUT2D eigenvalue weighted by Gasteiger charge is 2.44. The Hall–Kier alpha value is -3.11. The van der Waals surface area contributed by atoms with Gasteiger partial charge in [-0.1, -0.05) is 0 Å². The summed E-state index contributed by atoms with van der Waals surface area (Å²) in [5.74, 6) is -2.09. The van der Waals surface area contributed by atoms with E-state index < -0.39 is 18.0 Å². The number of nitrogens with one attached hydrogen (secondary N) is 1. The number of pyridine rings is 1. The predicted octanol–water partition coefficient (Wildman–Crippen LogP) is 4.06. The van der Waals surface area contributed by atoms with Crippen molar-refractivity contribution in [3.63, 3.8) is 0 Å². The van der Waals surface area contributed by atoms with E-state index in [0.29, 0.717) is 6.54 Å². The minimum absolute atomic E-state index is 0.00635. The third-order valence-electron chi connectivity index (χ3n) is 6.27. The molecule has 1 aliphatic heterocycles. The van der Waals surface area contributed by atoms with Crippen LogP contribution in [0.4, 0.5) is 19.2 Å². The molecule has 0 spiro atoms. The average molecular weight is 466 g/mol. The number of rotatable bonds is 6. The second-order valence-electron chi connectivity index (χ2n) is 8.37. The Balaban J connectivity index is 1.35. The maximum atomic E-state index is 13.0. The maximum absolute atomic E-state index is 13.0. The van der Waals surface area contributed by atoms with E-state index in [-0.39, 0.29) is 67.6 Å². The molecule has 2 aromatic heterocycles. The van der Waals surface area contributed by atoms with E-state index in [1.807, 2.05) is 0 Å². The number of aromatic nitrogens is 2. The molecule has 2 aliphatic rings. The standard InChI is InChI=1S/C22H25F3N4O4/c23-22(24,25)15-7-5-14(6-8-15)20(31)29-11-2-3-16(29)13-33-17-4-1-9-26-18(17)19(30)28-21-27-10-12-32-21/h1,4,9-10,12,14-16H,2-3,5-8,11,13H2,(H,27,28,30)/t14?,15?,16-/m1/s1. The number of anilines is 1. The van der Waals surface area contributed by atoms with Gasteiger partial charge in [0.1, 0.15) is 12.9 Å². The molecule has 0 radical (unpaired) electrons. The van der Waals surface area contributed by atoms with Gasteiger partial charge in [-0.25, -0.2) is 9.97 Å². The monoisotopic (exact) mass is 466 g/mol. The van der Waals surface area contributed by atoms with Crippen molar-refractivity contribution in [2.45, 2.75) is 50.7 Å². The van der Waals surface area contributed by atoms with Crippen LogP contribution in [-0.4, -0.2) is 52.1 Å². The number of likely N-dealkylation sites (tertiary alicyclic amines) is 1. The van der Waals surface area contributed by atoms with Crippen LogP contribution >= 0.6 is 0 Å². The van der Waals surface area contributed by atoms with Gasteiger partial charge in [0.05, 0.1) is 18.2 Å². The second-order valence-corrected chi connectivity index (χ2v) is 8.37. The Morgan fingerprint density at radius 2 is 1.94 bits per heavy atom. The first-order chi connectivity index (χ1) is 15.8. The van der Waals surface area contributed by atoms with Crippen molar-refractivity contribution in [2.24, 2.45) is 11.8 Å². The smallest absolute Gasteiger partial charge is 0.391 e. The second kappa shape index (κ2) is 9.80. The molecule has 0 unspecified atom stereocenters. The van der Waals surface area contributed by atoms with Crippen LogP contribution in [0.5, 0.6) is 5.75 Å². The highest BCUT2D eigenvalue weighted by Crippen LogP contribution is 2.40. The summed E-state index contributed by atoms with van der Waals surface area (Å²) < 4.78 is 49.7. The highest BCUT2D eigenvalue weighted by atomic mass is 19.4. The van der Waals surface area contributed by atoms with Crippen LogP contribution < -0.4 is 10.1 Å². The van der Waals surface area contributed by atoms with Crippen molar-refractivity contribution >= 4 is 17.8 Å². The normalized spacial score (nSPS) is 23.4. The molecule has 1 aliphatic carbocycles. The van der Waals surface area contributed by atoms with Crippen LogP contribution in [-0.2, 0) is 4.79 Å². The third kappa shape index (κ3) is 5.45. The summed E-state index contributed by atoms with van der Waals surface area (Å²) in [6, 6.07) is 3.07. The number of oxazole rings is 1. The number of carbonyl (C=O) groups is 2. The minimum Gasteiger partial charge on any atom is -0.489 e. The molecule has 1 atom stereocenters. The predicted molar refractivity (Wildman–Crippen MR) is 110 cm³/mol. The number of halogens is 3. The summed E-state index contributed by atoms with van der Waals surface area (Å²) in [4.78, 5) is 35.2. The summed E-state index contributed by atoms with van der Waals surface area (Å²) in [6.07, 6.45) is 1.99. The summed E-state index contributed by atoms with van der Waals surface area (Å²) in [5, 5.41) is 2.49. The van der Waals surface area contributed by atoms with Gasteiger partial charge in [-0.3, -0.25) is 14.9 Å². The molecule has 2 fully saturated rings. The molecule has 33 heavy (non-hydrogen) atoms. The molecule has 3 heterocycles. The van der Waals surface area contributed by atoms with Gasteiger partial charge < -0.3 is 14.1 Å². The van der Waals surface area contributed by atoms with E-state index in [0.717, 1.165) is 12.8 Å². The van der Waals surface area contributed by atoms with Gasteiger partial charge >= 0.3 is 12.2 Å². The number of nitrogens with zero attached hydrogens (tertiary/aromatic N) is 3. The fourth-order valence-corrected chi connectivity index (χ4v) is 4.51. The third-order valence-corrected chi connectivity index (χ3v) is 6.27. The topological polar surface area (TPSA) is 97.6 Å². The zero-order valence-electron chi connectivity index (χ0n) is 17.9. The quantitative estimate of drug-likeness (QED) is 0.690. The summed E-state index contributed by atoms with van der Waals surface area (Å²) in [5.41, 5.74) is 0.0528. The number of amides is 2. The zero-order chi connectivity index (χ0) is 23.4. The van der Waals surface area contributed by atoms with Crippen LogP contribution in [0.15, 0.2) is 35.2 Å². The lowest BCUT2D eigenvalue weighted by Crippen LogP contribution is -2.44. The van der Waals surface area contributed by atoms with Crippen LogP contribution in [0.1, 0.15) is 49.0 Å². The molecule has 178 valence electrons. The Morgan fingerprint density at radius 3 is 2.64 bits per heavy atom. The van der Waals surface area contributed by atoms with Crippen LogP contribution in [0.25, 0.3) is 0 Å². The van der Waals surface area contributed by atoms with Crippen LogP contribution in [0.3, 0.4) is 0 Å². The first kappa shape index (κ1) is 23.1. The van der Waals surface area contributed by atoms with Crippen LogP contribution in [0, 0.1) is 11.8 Å². The van der Waals surface area contributed by atoms with E-state index in [2.05, 4.69) is 15.3 Å². The molecule has 1 N–H and O–H groups in total. The SMILES string of the molecule is O=C(Nc1ncco1)c1ncccc1OC[C@H]1CCCN1C(=O)C1CCC(C(F)(F)F)CC1. The fourth-order valence-electron chi connectivity index (χ4n) is 4.51. The number of ether oxygens (including phenoxy) is 1. The number of alkyl halides is 3.